The van der Waals surface area contributed by atoms with E-state index in [4.69, 9.17) is 15.1 Å². The summed E-state index contributed by atoms with van der Waals surface area (Å²) in [7, 11) is 1.67. The molecule has 0 radical (unpaired) electrons. The van der Waals surface area contributed by atoms with E-state index < -0.39 is 5.97 Å². The fraction of sp³-hybridized carbons (Fsp3) is 0.381. The van der Waals surface area contributed by atoms with Gasteiger partial charge in [0.2, 0.25) is 0 Å². The predicted molar refractivity (Wildman–Crippen MR) is 102 cm³/mol. The molecule has 3 rings (SSSR count). The van der Waals surface area contributed by atoms with Gasteiger partial charge < -0.3 is 9.84 Å². The minimum absolute atomic E-state index is 0.0202. The molecular weight excluding hydrogens is 342 g/mol. The SMILES string of the molecule is COc1ccc(CC2=CC=C(N3N=C(C#N)CC3CC(=O)O)CC2)c(C)c1. The maximum atomic E-state index is 11.1. The van der Waals surface area contributed by atoms with Gasteiger partial charge in [-0.2, -0.15) is 10.4 Å². The van der Waals surface area contributed by atoms with Crippen LogP contribution in [0.5, 0.6) is 5.75 Å². The van der Waals surface area contributed by atoms with Gasteiger partial charge in [-0.1, -0.05) is 17.7 Å². The number of allylic oxidation sites excluding steroid dienone is 4. The number of hydrazone groups is 1. The second kappa shape index (κ2) is 8.09. The van der Waals surface area contributed by atoms with Crippen molar-refractivity contribution in [3.63, 3.8) is 0 Å². The van der Waals surface area contributed by atoms with Gasteiger partial charge in [-0.05, 0) is 55.5 Å². The summed E-state index contributed by atoms with van der Waals surface area (Å²) in [4.78, 5) is 11.1. The predicted octanol–water partition coefficient (Wildman–Crippen LogP) is 3.58. The van der Waals surface area contributed by atoms with Crippen molar-refractivity contribution in [2.45, 2.75) is 45.1 Å². The van der Waals surface area contributed by atoms with Crippen LogP contribution in [0.25, 0.3) is 0 Å². The van der Waals surface area contributed by atoms with Crippen LogP contribution in [-0.4, -0.2) is 34.9 Å². The van der Waals surface area contributed by atoms with E-state index in [1.54, 1.807) is 12.1 Å². The number of methoxy groups -OCH3 is 1. The number of hydrogen-bond donors (Lipinski definition) is 1. The first-order valence-corrected chi connectivity index (χ1v) is 9.01. The van der Waals surface area contributed by atoms with Gasteiger partial charge in [-0.25, -0.2) is 0 Å². The Morgan fingerprint density at radius 3 is 2.81 bits per heavy atom. The molecule has 1 aromatic carbocycles. The number of carboxylic acid groups (broad SMARTS) is 1. The third-order valence-corrected chi connectivity index (χ3v) is 5.02. The van der Waals surface area contributed by atoms with Crippen LogP contribution in [0.1, 0.15) is 36.8 Å². The van der Waals surface area contributed by atoms with Crippen LogP contribution < -0.4 is 4.74 Å². The molecule has 1 N–H and O–H groups in total. The van der Waals surface area contributed by atoms with E-state index in [1.165, 1.54) is 16.7 Å². The van der Waals surface area contributed by atoms with Crippen molar-refractivity contribution in [1.29, 1.82) is 5.26 Å². The number of nitriles is 1. The van der Waals surface area contributed by atoms with E-state index in [2.05, 4.69) is 30.2 Å². The van der Waals surface area contributed by atoms with Crippen LogP contribution >= 0.6 is 0 Å². The molecule has 27 heavy (non-hydrogen) atoms. The van der Waals surface area contributed by atoms with Crippen LogP contribution in [-0.2, 0) is 11.2 Å². The van der Waals surface area contributed by atoms with E-state index >= 15 is 0 Å². The number of ether oxygens (including phenoxy) is 1. The third kappa shape index (κ3) is 4.37. The zero-order valence-corrected chi connectivity index (χ0v) is 15.6. The average Bonchev–Trinajstić information content (AvgIpc) is 3.06. The number of nitrogens with zero attached hydrogens (tertiary/aromatic N) is 3. The minimum Gasteiger partial charge on any atom is -0.497 e. The zero-order valence-electron chi connectivity index (χ0n) is 15.6. The zero-order chi connectivity index (χ0) is 19.4. The summed E-state index contributed by atoms with van der Waals surface area (Å²) < 4.78 is 5.26. The lowest BCUT2D eigenvalue weighted by molar-refractivity contribution is -0.138. The number of rotatable bonds is 6. The van der Waals surface area contributed by atoms with E-state index in [0.29, 0.717) is 12.1 Å². The maximum absolute atomic E-state index is 11.1. The molecule has 0 spiro atoms. The number of aliphatic carboxylic acids is 1. The lowest BCUT2D eigenvalue weighted by Crippen LogP contribution is -2.29. The number of aryl methyl sites for hydroxylation is 1. The van der Waals surface area contributed by atoms with Crippen molar-refractivity contribution in [2.75, 3.05) is 7.11 Å². The molecule has 6 heteroatoms. The molecule has 1 aliphatic carbocycles. The van der Waals surface area contributed by atoms with Crippen LogP contribution in [0.4, 0.5) is 0 Å². The standard InChI is InChI=1S/C21H23N3O3/c1-14-9-20(27-2)8-5-16(14)10-15-3-6-18(7-4-15)24-19(12-21(25)26)11-17(13-22)23-24/h3,5-6,8-9,19H,4,7,10-12H2,1-2H3,(H,25,26). The molecule has 1 aliphatic heterocycles. The van der Waals surface area contributed by atoms with Crippen molar-refractivity contribution in [3.8, 4) is 11.8 Å². The van der Waals surface area contributed by atoms with Crippen molar-refractivity contribution >= 4 is 11.7 Å². The van der Waals surface area contributed by atoms with E-state index in [-0.39, 0.29) is 12.5 Å². The summed E-state index contributed by atoms with van der Waals surface area (Å²) in [5.74, 6) is -0.0114. The first-order valence-electron chi connectivity index (χ1n) is 9.01. The summed E-state index contributed by atoms with van der Waals surface area (Å²) >= 11 is 0. The first kappa shape index (κ1) is 18.7. The molecule has 1 aromatic rings. The van der Waals surface area contributed by atoms with Gasteiger partial charge in [-0.3, -0.25) is 9.80 Å². The van der Waals surface area contributed by atoms with Gasteiger partial charge in [-0.15, -0.1) is 0 Å². The highest BCUT2D eigenvalue weighted by Crippen LogP contribution is 2.31. The van der Waals surface area contributed by atoms with Crippen molar-refractivity contribution in [3.05, 3.63) is 52.7 Å². The van der Waals surface area contributed by atoms with Gasteiger partial charge in [0.25, 0.3) is 0 Å². The molecule has 0 saturated carbocycles. The first-order chi connectivity index (χ1) is 13.0. The van der Waals surface area contributed by atoms with Crippen molar-refractivity contribution < 1.29 is 14.6 Å². The second-order valence-electron chi connectivity index (χ2n) is 6.91. The Labute approximate surface area is 159 Å². The molecule has 140 valence electrons. The largest absolute Gasteiger partial charge is 0.497 e. The fourth-order valence-electron chi connectivity index (χ4n) is 3.53. The molecule has 1 atom stereocenters. The molecule has 6 nitrogen and oxygen atoms in total. The second-order valence-corrected chi connectivity index (χ2v) is 6.91. The number of carbonyl (C=O) groups is 1. The third-order valence-electron chi connectivity index (χ3n) is 5.02. The highest BCUT2D eigenvalue weighted by molar-refractivity contribution is 6.00. The Morgan fingerprint density at radius 2 is 2.22 bits per heavy atom. The smallest absolute Gasteiger partial charge is 0.305 e. The molecule has 0 amide bonds. The van der Waals surface area contributed by atoms with Crippen molar-refractivity contribution in [1.82, 2.24) is 5.01 Å². The molecular formula is C21H23N3O3. The summed E-state index contributed by atoms with van der Waals surface area (Å²) in [5.41, 5.74) is 5.17. The average molecular weight is 365 g/mol. The molecule has 1 unspecified atom stereocenters. The topological polar surface area (TPSA) is 85.9 Å². The van der Waals surface area contributed by atoms with Gasteiger partial charge in [0.05, 0.1) is 19.6 Å². The summed E-state index contributed by atoms with van der Waals surface area (Å²) in [5, 5.41) is 24.3. The molecule has 1 heterocycles. The van der Waals surface area contributed by atoms with E-state index in [9.17, 15) is 4.79 Å². The summed E-state index contributed by atoms with van der Waals surface area (Å²) in [6.07, 6.45) is 7.04. The monoisotopic (exact) mass is 365 g/mol. The number of carboxylic acids is 1. The molecule has 0 fully saturated rings. The Bertz CT molecular complexity index is 877. The lowest BCUT2D eigenvalue weighted by atomic mass is 9.93. The normalized spacial score (nSPS) is 19.1. The van der Waals surface area contributed by atoms with Gasteiger partial charge in [0.1, 0.15) is 17.5 Å². The highest BCUT2D eigenvalue weighted by atomic mass is 16.5. The number of benzene rings is 1. The Kier molecular flexibility index (Phi) is 5.60. The molecule has 0 aromatic heterocycles. The number of hydrogen-bond acceptors (Lipinski definition) is 5. The fourth-order valence-corrected chi connectivity index (χ4v) is 3.53. The molecule has 0 saturated heterocycles. The van der Waals surface area contributed by atoms with Crippen LogP contribution in [0, 0.1) is 18.3 Å². The lowest BCUT2D eigenvalue weighted by Gasteiger charge is -2.27. The van der Waals surface area contributed by atoms with Crippen LogP contribution in [0.3, 0.4) is 0 Å². The molecule has 2 aliphatic rings. The summed E-state index contributed by atoms with van der Waals surface area (Å²) in [6.45, 7) is 2.08. The van der Waals surface area contributed by atoms with Crippen LogP contribution in [0.15, 0.2) is 46.7 Å². The Hall–Kier alpha value is -3.07. The van der Waals surface area contributed by atoms with E-state index in [0.717, 1.165) is 30.7 Å². The van der Waals surface area contributed by atoms with Crippen molar-refractivity contribution in [2.24, 2.45) is 5.10 Å². The van der Waals surface area contributed by atoms with Gasteiger partial charge in [0, 0.05) is 12.1 Å². The van der Waals surface area contributed by atoms with Crippen LogP contribution in [0.2, 0.25) is 0 Å². The van der Waals surface area contributed by atoms with E-state index in [1.807, 2.05) is 18.2 Å². The minimum atomic E-state index is -0.873. The molecule has 0 bridgehead atoms. The van der Waals surface area contributed by atoms with Gasteiger partial charge in [0.15, 0.2) is 0 Å². The maximum Gasteiger partial charge on any atom is 0.305 e. The Balaban J connectivity index is 1.74. The summed E-state index contributed by atoms with van der Waals surface area (Å²) in [6, 6.07) is 7.90. The Morgan fingerprint density at radius 1 is 1.41 bits per heavy atom. The quantitative estimate of drug-likeness (QED) is 0.833. The van der Waals surface area contributed by atoms with Gasteiger partial charge >= 0.3 is 5.97 Å². The highest BCUT2D eigenvalue weighted by Gasteiger charge is 2.31.